The van der Waals surface area contributed by atoms with Crippen LogP contribution < -0.4 is 0 Å². The van der Waals surface area contributed by atoms with Crippen LogP contribution in [0.2, 0.25) is 0 Å². The lowest BCUT2D eigenvalue weighted by Gasteiger charge is -2.27. The molecule has 5 heteroatoms. The number of rotatable bonds is 3. The summed E-state index contributed by atoms with van der Waals surface area (Å²) in [5, 5.41) is 0. The van der Waals surface area contributed by atoms with Gasteiger partial charge in [0.1, 0.15) is 5.68 Å². The average Bonchev–Trinajstić information content (AvgIpc) is 2.55. The normalized spacial score (nSPS) is 16.1. The van der Waals surface area contributed by atoms with Crippen molar-refractivity contribution in [1.82, 2.24) is 4.90 Å². The Labute approximate surface area is 106 Å². The summed E-state index contributed by atoms with van der Waals surface area (Å²) in [6.07, 6.45) is 0. The molecule has 1 aliphatic rings. The first-order chi connectivity index (χ1) is 8.45. The Morgan fingerprint density at radius 2 is 1.56 bits per heavy atom. The van der Waals surface area contributed by atoms with E-state index in [4.69, 9.17) is 0 Å². The molecule has 1 aromatic carbocycles. The number of hydrogen-bond donors (Lipinski definition) is 0. The largest absolute Gasteiger partial charge is 0.310 e. The van der Waals surface area contributed by atoms with Crippen LogP contribution in [0.4, 0.5) is 0 Å². The van der Waals surface area contributed by atoms with E-state index in [1.807, 2.05) is 13.8 Å². The lowest BCUT2D eigenvalue weighted by Crippen LogP contribution is -2.48. The first-order valence-electron chi connectivity index (χ1n) is 5.92. The second kappa shape index (κ2) is 4.40. The van der Waals surface area contributed by atoms with Crippen molar-refractivity contribution in [3.05, 3.63) is 35.4 Å². The maximum Gasteiger partial charge on any atom is 0.262 e. The van der Waals surface area contributed by atoms with Gasteiger partial charge < -0.3 is 4.79 Å². The van der Waals surface area contributed by atoms with Crippen LogP contribution in [0.25, 0.3) is 0 Å². The van der Waals surface area contributed by atoms with Crippen molar-refractivity contribution in [2.45, 2.75) is 19.9 Å². The third-order valence-corrected chi connectivity index (χ3v) is 3.15. The molecule has 0 aromatic heterocycles. The molecule has 0 N–H and O–H groups in total. The van der Waals surface area contributed by atoms with Gasteiger partial charge in [0.05, 0.1) is 17.2 Å². The van der Waals surface area contributed by atoms with E-state index in [1.54, 1.807) is 24.3 Å². The molecule has 1 heterocycles. The average molecular weight is 243 g/mol. The number of imide groups is 1. The van der Waals surface area contributed by atoms with E-state index < -0.39 is 6.04 Å². The summed E-state index contributed by atoms with van der Waals surface area (Å²) < 4.78 is 0. The molecule has 0 unspecified atom stereocenters. The SMILES string of the molecule is BC(=O)[C@@H](C(C)C)N1C(=O)c2ccccc2C1=O. The number of hydrogen-bond acceptors (Lipinski definition) is 3. The zero-order valence-electron chi connectivity index (χ0n) is 10.6. The number of nitrogens with zero attached hydrogens (tertiary/aromatic N) is 1. The third kappa shape index (κ3) is 1.76. The van der Waals surface area contributed by atoms with Crippen molar-refractivity contribution in [1.29, 1.82) is 0 Å². The molecule has 2 rings (SSSR count). The number of benzene rings is 1. The van der Waals surface area contributed by atoms with Crippen LogP contribution in [0.15, 0.2) is 24.3 Å². The van der Waals surface area contributed by atoms with E-state index in [0.29, 0.717) is 11.1 Å². The lowest BCUT2D eigenvalue weighted by atomic mass is 9.86. The molecule has 18 heavy (non-hydrogen) atoms. The Morgan fingerprint density at radius 3 is 1.89 bits per heavy atom. The van der Waals surface area contributed by atoms with E-state index in [9.17, 15) is 14.4 Å². The molecule has 0 bridgehead atoms. The predicted molar refractivity (Wildman–Crippen MR) is 69.1 cm³/mol. The standard InChI is InChI=1S/C13H14BNO3/c1-7(2)10(11(14)16)15-12(17)8-5-3-4-6-9(8)13(15)18/h3-7,10H,14H2,1-2H3/t10-/m1/s1. The number of carbonyl (C=O) groups excluding carboxylic acids is 3. The molecule has 0 radical (unpaired) electrons. The number of fused-ring (bicyclic) bond motifs is 1. The summed E-state index contributed by atoms with van der Waals surface area (Å²) in [6, 6.07) is 5.98. The van der Waals surface area contributed by atoms with Gasteiger partial charge >= 0.3 is 0 Å². The summed E-state index contributed by atoms with van der Waals surface area (Å²) in [7, 11) is 1.41. The maximum absolute atomic E-state index is 12.2. The molecular formula is C13H14BNO3. The second-order valence-corrected chi connectivity index (χ2v) is 4.83. The van der Waals surface area contributed by atoms with Crippen LogP contribution in [0, 0.1) is 5.92 Å². The van der Waals surface area contributed by atoms with Crippen molar-refractivity contribution in [2.75, 3.05) is 0 Å². The van der Waals surface area contributed by atoms with Crippen molar-refractivity contribution in [3.63, 3.8) is 0 Å². The first kappa shape index (κ1) is 12.5. The van der Waals surface area contributed by atoms with E-state index in [0.717, 1.165) is 4.90 Å². The van der Waals surface area contributed by atoms with Crippen molar-refractivity contribution < 1.29 is 14.4 Å². The Bertz CT molecular complexity index is 504. The number of amides is 2. The summed E-state index contributed by atoms with van der Waals surface area (Å²) in [5.41, 5.74) is 0.600. The van der Waals surface area contributed by atoms with Gasteiger partial charge in [-0.1, -0.05) is 26.0 Å². The monoisotopic (exact) mass is 243 g/mol. The van der Waals surface area contributed by atoms with Gasteiger partial charge in [-0.25, -0.2) is 0 Å². The lowest BCUT2D eigenvalue weighted by molar-refractivity contribution is -0.116. The van der Waals surface area contributed by atoms with Gasteiger partial charge in [0.2, 0.25) is 0 Å². The van der Waals surface area contributed by atoms with Crippen LogP contribution in [0.5, 0.6) is 0 Å². The third-order valence-electron chi connectivity index (χ3n) is 3.15. The molecule has 0 aliphatic carbocycles. The molecule has 0 fully saturated rings. The molecule has 1 aromatic rings. The Balaban J connectivity index is 2.47. The highest BCUT2D eigenvalue weighted by Crippen LogP contribution is 2.26. The summed E-state index contributed by atoms with van der Waals surface area (Å²) >= 11 is 0. The minimum absolute atomic E-state index is 0.0929. The summed E-state index contributed by atoms with van der Waals surface area (Å²) in [5.74, 6) is -0.835. The maximum atomic E-state index is 12.2. The van der Waals surface area contributed by atoms with E-state index in [2.05, 4.69) is 0 Å². The Morgan fingerprint density at radius 1 is 1.11 bits per heavy atom. The van der Waals surface area contributed by atoms with Crippen LogP contribution in [-0.2, 0) is 4.79 Å². The van der Waals surface area contributed by atoms with Crippen LogP contribution in [0.3, 0.4) is 0 Å². The van der Waals surface area contributed by atoms with Crippen molar-refractivity contribution in [3.8, 4) is 0 Å². The fourth-order valence-electron chi connectivity index (χ4n) is 2.41. The van der Waals surface area contributed by atoms with Crippen LogP contribution in [-0.4, -0.2) is 36.3 Å². The van der Waals surface area contributed by atoms with Crippen molar-refractivity contribution in [2.24, 2.45) is 5.92 Å². The quantitative estimate of drug-likeness (QED) is 0.572. The Hall–Kier alpha value is -1.91. The molecule has 1 atom stereocenters. The van der Waals surface area contributed by atoms with Crippen LogP contribution in [0.1, 0.15) is 34.6 Å². The molecule has 0 spiro atoms. The van der Waals surface area contributed by atoms with E-state index in [-0.39, 0.29) is 23.4 Å². The van der Waals surface area contributed by atoms with Crippen molar-refractivity contribution >= 4 is 25.3 Å². The highest BCUT2D eigenvalue weighted by molar-refractivity contribution is 6.59. The highest BCUT2D eigenvalue weighted by Gasteiger charge is 2.42. The zero-order chi connectivity index (χ0) is 13.4. The highest BCUT2D eigenvalue weighted by atomic mass is 16.2. The van der Waals surface area contributed by atoms with Gasteiger partial charge in [-0.3, -0.25) is 14.5 Å². The van der Waals surface area contributed by atoms with Gasteiger partial charge in [-0.05, 0) is 18.1 Å². The molecule has 0 saturated heterocycles. The van der Waals surface area contributed by atoms with Gasteiger partial charge in [-0.15, -0.1) is 0 Å². The van der Waals surface area contributed by atoms with Crippen LogP contribution >= 0.6 is 0 Å². The van der Waals surface area contributed by atoms with Gasteiger partial charge in [0, 0.05) is 0 Å². The number of carbonyl (C=O) groups is 3. The van der Waals surface area contributed by atoms with E-state index >= 15 is 0 Å². The molecule has 0 saturated carbocycles. The molecular weight excluding hydrogens is 229 g/mol. The topological polar surface area (TPSA) is 54.5 Å². The fraction of sp³-hybridized carbons (Fsp3) is 0.308. The summed E-state index contributed by atoms with van der Waals surface area (Å²) in [6.45, 7) is 3.66. The Kier molecular flexibility index (Phi) is 3.07. The van der Waals surface area contributed by atoms with E-state index in [1.165, 1.54) is 7.85 Å². The van der Waals surface area contributed by atoms with Gasteiger partial charge in [0.15, 0.2) is 7.85 Å². The molecule has 1 aliphatic heterocycles. The van der Waals surface area contributed by atoms with Gasteiger partial charge in [0.25, 0.3) is 11.8 Å². The molecule has 2 amide bonds. The van der Waals surface area contributed by atoms with Gasteiger partial charge in [-0.2, -0.15) is 0 Å². The molecule has 92 valence electrons. The summed E-state index contributed by atoms with van der Waals surface area (Å²) in [4.78, 5) is 37.2. The minimum Gasteiger partial charge on any atom is -0.310 e. The predicted octanol–water partition coefficient (Wildman–Crippen LogP) is 0.467. The fourth-order valence-corrected chi connectivity index (χ4v) is 2.41. The second-order valence-electron chi connectivity index (χ2n) is 4.83. The minimum atomic E-state index is -0.683. The zero-order valence-corrected chi connectivity index (χ0v) is 10.6. The first-order valence-corrected chi connectivity index (χ1v) is 5.92. The molecule has 4 nitrogen and oxygen atoms in total. The smallest absolute Gasteiger partial charge is 0.262 e.